The molecule has 4 nitrogen and oxygen atoms in total. The fourth-order valence-corrected chi connectivity index (χ4v) is 4.70. The van der Waals surface area contributed by atoms with Crippen LogP contribution in [0.5, 0.6) is 0 Å². The van der Waals surface area contributed by atoms with E-state index in [0.717, 1.165) is 17.7 Å². The molecule has 0 spiro atoms. The minimum absolute atomic E-state index is 0.0859. The van der Waals surface area contributed by atoms with Crippen molar-refractivity contribution in [1.82, 2.24) is 9.71 Å². The number of nitrogens with one attached hydrogen (secondary N) is 1. The number of aromatic nitrogens is 1. The molecule has 0 amide bonds. The Balaban J connectivity index is 2.44. The van der Waals surface area contributed by atoms with Crippen molar-refractivity contribution in [2.45, 2.75) is 83.5 Å². The van der Waals surface area contributed by atoms with Gasteiger partial charge in [-0.05, 0) is 75.2 Å². The average Bonchev–Trinajstić information content (AvgIpc) is 2.68. The second kappa shape index (κ2) is 9.91. The van der Waals surface area contributed by atoms with E-state index in [1.165, 1.54) is 0 Å². The molecule has 1 unspecified atom stereocenters. The monoisotopic (exact) mass is 516 g/mol. The maximum Gasteiger partial charge on any atom is 0.192 e. The maximum absolute atomic E-state index is 14.3. The Labute approximate surface area is 205 Å². The van der Waals surface area contributed by atoms with E-state index in [-0.39, 0.29) is 10.6 Å². The number of benzene rings is 1. The molecule has 0 fully saturated rings. The first kappa shape index (κ1) is 28.2. The lowest BCUT2D eigenvalue weighted by Gasteiger charge is -2.36. The van der Waals surface area contributed by atoms with E-state index < -0.39 is 46.6 Å². The molecule has 0 bridgehead atoms. The lowest BCUT2D eigenvalue weighted by Crippen LogP contribution is -2.51. The van der Waals surface area contributed by atoms with Gasteiger partial charge in [-0.15, -0.1) is 4.72 Å². The van der Waals surface area contributed by atoms with Gasteiger partial charge in [-0.25, -0.2) is 8.78 Å². The minimum atomic E-state index is -1.93. The van der Waals surface area contributed by atoms with Gasteiger partial charge in [0.25, 0.3) is 0 Å². The second-order valence-electron chi connectivity index (χ2n) is 11.0. The van der Waals surface area contributed by atoms with Gasteiger partial charge in [0, 0.05) is 17.6 Å². The first-order valence-electron chi connectivity index (χ1n) is 10.8. The molecular formula is C24H35ClF2N2O2SSi. The molecule has 0 aliphatic heterocycles. The fraction of sp³-hybridized carbons (Fsp3) is 0.542. The largest absolute Gasteiger partial charge is 0.598 e. The Morgan fingerprint density at radius 1 is 1.06 bits per heavy atom. The van der Waals surface area contributed by atoms with Gasteiger partial charge in [0.2, 0.25) is 0 Å². The third-order valence-corrected chi connectivity index (χ3v) is 12.7. The van der Waals surface area contributed by atoms with Crippen molar-refractivity contribution in [3.63, 3.8) is 0 Å². The number of halogens is 3. The van der Waals surface area contributed by atoms with Crippen molar-refractivity contribution in [1.29, 1.82) is 0 Å². The van der Waals surface area contributed by atoms with Crippen LogP contribution in [0.2, 0.25) is 23.2 Å². The van der Waals surface area contributed by atoms with Crippen LogP contribution >= 0.6 is 11.6 Å². The SMILES string of the molecule is CC(C)(C)[S+]([O-])N[C@@](C)(c1cc(F)c(Cl)c(F)c1)c1ccc(CO[Si](C)(C)C(C)(C)C)cn1. The van der Waals surface area contributed by atoms with Crippen molar-refractivity contribution >= 4 is 31.3 Å². The van der Waals surface area contributed by atoms with Crippen molar-refractivity contribution in [2.75, 3.05) is 0 Å². The zero-order valence-electron chi connectivity index (χ0n) is 20.9. The Morgan fingerprint density at radius 3 is 2.03 bits per heavy atom. The molecule has 0 radical (unpaired) electrons. The molecule has 2 atom stereocenters. The van der Waals surface area contributed by atoms with Gasteiger partial charge in [-0.2, -0.15) is 0 Å². The van der Waals surface area contributed by atoms with Crippen LogP contribution in [0, 0.1) is 11.6 Å². The minimum Gasteiger partial charge on any atom is -0.598 e. The quantitative estimate of drug-likeness (QED) is 0.248. The van der Waals surface area contributed by atoms with Gasteiger partial charge >= 0.3 is 0 Å². The van der Waals surface area contributed by atoms with Gasteiger partial charge in [-0.1, -0.05) is 38.4 Å². The zero-order chi connectivity index (χ0) is 25.4. The Kier molecular flexibility index (Phi) is 8.47. The van der Waals surface area contributed by atoms with Crippen molar-refractivity contribution in [3.8, 4) is 0 Å². The molecule has 2 aromatic rings. The van der Waals surface area contributed by atoms with Crippen LogP contribution in [0.1, 0.15) is 65.3 Å². The predicted molar refractivity (Wildman–Crippen MR) is 135 cm³/mol. The van der Waals surface area contributed by atoms with Gasteiger partial charge in [0.05, 0.1) is 12.3 Å². The summed E-state index contributed by atoms with van der Waals surface area (Å²) in [5, 5.41) is -0.494. The number of hydrogen-bond donors (Lipinski definition) is 1. The summed E-state index contributed by atoms with van der Waals surface area (Å²) in [4.78, 5) is 4.57. The summed E-state index contributed by atoms with van der Waals surface area (Å²) in [5.74, 6) is -1.78. The van der Waals surface area contributed by atoms with E-state index in [1.807, 2.05) is 26.8 Å². The normalized spacial score (nSPS) is 15.9. The molecule has 1 heterocycles. The molecule has 0 aliphatic carbocycles. The first-order chi connectivity index (χ1) is 14.9. The maximum atomic E-state index is 14.3. The highest BCUT2D eigenvalue weighted by atomic mass is 35.5. The average molecular weight is 517 g/mol. The summed E-state index contributed by atoms with van der Waals surface area (Å²) < 4.78 is 50.3. The van der Waals surface area contributed by atoms with E-state index in [4.69, 9.17) is 16.0 Å². The Morgan fingerprint density at radius 2 is 1.61 bits per heavy atom. The summed E-state index contributed by atoms with van der Waals surface area (Å²) in [7, 11) is -1.93. The number of nitrogens with zero attached hydrogens (tertiary/aromatic N) is 1. The van der Waals surface area contributed by atoms with Crippen LogP contribution in [0.4, 0.5) is 8.78 Å². The van der Waals surface area contributed by atoms with Crippen LogP contribution in [0.3, 0.4) is 0 Å². The van der Waals surface area contributed by atoms with Crippen LogP contribution in [-0.4, -0.2) is 22.6 Å². The van der Waals surface area contributed by atoms with Crippen LogP contribution in [0.15, 0.2) is 30.5 Å². The topological polar surface area (TPSA) is 57.2 Å². The molecule has 1 aromatic heterocycles. The molecule has 1 aromatic carbocycles. The highest BCUT2D eigenvalue weighted by Crippen LogP contribution is 2.37. The molecule has 1 N–H and O–H groups in total. The van der Waals surface area contributed by atoms with E-state index >= 15 is 0 Å². The summed E-state index contributed by atoms with van der Waals surface area (Å²) in [6.07, 6.45) is 1.69. The van der Waals surface area contributed by atoms with Gasteiger partial charge in [-0.3, -0.25) is 4.98 Å². The Bertz CT molecular complexity index is 955. The summed E-state index contributed by atoms with van der Waals surface area (Å²) in [5.41, 5.74) is 0.356. The predicted octanol–water partition coefficient (Wildman–Crippen LogP) is 6.85. The molecule has 0 saturated carbocycles. The first-order valence-corrected chi connectivity index (χ1v) is 15.3. The molecule has 2 rings (SSSR count). The standard InChI is InChI=1S/C24H35ClF2N2O2SSi/c1-22(2,3)32(30)29-24(7,17-12-18(26)21(25)19(27)13-17)20-11-10-16(14-28-20)15-31-33(8,9)23(4,5)6/h10-14,29H,15H2,1-9H3/t24-,32?/m0/s1. The summed E-state index contributed by atoms with van der Waals surface area (Å²) in [6.45, 7) is 18.5. The third-order valence-electron chi connectivity index (χ3n) is 6.16. The lowest BCUT2D eigenvalue weighted by molar-refractivity contribution is 0.276. The number of pyridine rings is 1. The van der Waals surface area contributed by atoms with Gasteiger partial charge in [0.15, 0.2) is 8.32 Å². The van der Waals surface area contributed by atoms with E-state index in [1.54, 1.807) is 19.2 Å². The fourth-order valence-electron chi connectivity index (χ4n) is 2.73. The molecule has 9 heteroatoms. The smallest absolute Gasteiger partial charge is 0.192 e. The van der Waals surface area contributed by atoms with Crippen molar-refractivity contribution in [3.05, 3.63) is 63.9 Å². The lowest BCUT2D eigenvalue weighted by atomic mass is 9.89. The number of hydrogen-bond acceptors (Lipinski definition) is 4. The molecule has 0 saturated heterocycles. The molecule has 0 aliphatic rings. The van der Waals surface area contributed by atoms with E-state index in [0.29, 0.717) is 12.3 Å². The summed E-state index contributed by atoms with van der Waals surface area (Å²) >= 11 is 4.15. The highest BCUT2D eigenvalue weighted by Gasteiger charge is 2.41. The molecule has 33 heavy (non-hydrogen) atoms. The van der Waals surface area contributed by atoms with Crippen molar-refractivity contribution in [2.24, 2.45) is 0 Å². The van der Waals surface area contributed by atoms with Gasteiger partial charge < -0.3 is 8.98 Å². The van der Waals surface area contributed by atoms with Gasteiger partial charge in [0.1, 0.15) is 26.9 Å². The van der Waals surface area contributed by atoms with E-state index in [2.05, 4.69) is 43.6 Å². The van der Waals surface area contributed by atoms with E-state index in [9.17, 15) is 13.3 Å². The third kappa shape index (κ3) is 6.55. The molecular weight excluding hydrogens is 482 g/mol. The van der Waals surface area contributed by atoms with Crippen molar-refractivity contribution < 1.29 is 17.8 Å². The van der Waals surface area contributed by atoms with Crippen LogP contribution < -0.4 is 4.72 Å². The number of rotatable bonds is 7. The van der Waals surface area contributed by atoms with Crippen LogP contribution in [0.25, 0.3) is 0 Å². The molecule has 184 valence electrons. The summed E-state index contributed by atoms with van der Waals surface area (Å²) in [6, 6.07) is 5.93. The highest BCUT2D eigenvalue weighted by molar-refractivity contribution is 7.90. The van der Waals surface area contributed by atoms with Crippen LogP contribution in [-0.2, 0) is 27.9 Å². The second-order valence-corrected chi connectivity index (χ2v) is 18.1. The zero-order valence-corrected chi connectivity index (χ0v) is 23.5. The Hall–Kier alpha value is -1.03.